The van der Waals surface area contributed by atoms with E-state index in [-0.39, 0.29) is 40.2 Å². The Morgan fingerprint density at radius 2 is 1.38 bits per heavy atom. The van der Waals surface area contributed by atoms with Gasteiger partial charge in [-0.1, -0.05) is 101 Å². The van der Waals surface area contributed by atoms with E-state index in [1.165, 1.54) is 57.4 Å². The predicted molar refractivity (Wildman–Crippen MR) is 122 cm³/mol. The Hall–Kier alpha value is -1.05. The van der Waals surface area contributed by atoms with Crippen LogP contribution in [-0.2, 0) is 16.5 Å². The standard InChI is InChI=1S/C25H36O5S.Na/c1-2-3-4-5-6-7-8-9-10-11-13-16-21-19-23(26)24(20-25(21)31(27,28)29)30-22-17-14-12-15-18-22;/h12,14-15,17-20,26H,2-11,13,16H2,1H3,(H,27,28,29);/q;+1/p-1. The van der Waals surface area contributed by atoms with Crippen LogP contribution in [0, 0.1) is 0 Å². The topological polar surface area (TPSA) is 86.7 Å². The monoisotopic (exact) mass is 470 g/mol. The molecule has 5 nitrogen and oxygen atoms in total. The van der Waals surface area contributed by atoms with Crippen LogP contribution < -0.4 is 39.4 Å². The van der Waals surface area contributed by atoms with E-state index >= 15 is 0 Å². The molecular formula is C25H35NaO5S. The van der Waals surface area contributed by atoms with Gasteiger partial charge >= 0.3 is 29.6 Å². The number of unbranched alkanes of at least 4 members (excludes halogenated alkanes) is 10. The largest absolute Gasteiger partial charge is 1.00 e. The second-order valence-electron chi connectivity index (χ2n) is 8.08. The number of hydrogen-bond donors (Lipinski definition) is 1. The number of para-hydroxylation sites is 1. The molecule has 172 valence electrons. The Bertz CT molecular complexity index is 885. The minimum atomic E-state index is -4.45. The molecule has 0 bridgehead atoms. The predicted octanol–water partition coefficient (Wildman–Crippen LogP) is 3.66. The Balaban J connectivity index is 0.00000512. The first-order valence-electron chi connectivity index (χ1n) is 11.5. The van der Waals surface area contributed by atoms with Crippen molar-refractivity contribution in [1.29, 1.82) is 0 Å². The van der Waals surface area contributed by atoms with E-state index in [0.29, 0.717) is 17.7 Å². The molecule has 1 N–H and O–H groups in total. The van der Waals surface area contributed by atoms with Gasteiger partial charge in [-0.3, -0.25) is 4.55 Å². The van der Waals surface area contributed by atoms with Crippen molar-refractivity contribution in [2.24, 2.45) is 0 Å². The number of benzene rings is 2. The van der Waals surface area contributed by atoms with Gasteiger partial charge in [0.2, 0.25) is 0 Å². The molecule has 0 amide bonds. The normalized spacial score (nSPS) is 11.2. The maximum absolute atomic E-state index is 12.4. The Labute approximate surface area is 215 Å². The zero-order valence-corrected chi connectivity index (χ0v) is 22.3. The number of ether oxygens (including phenoxy) is 1. The van der Waals surface area contributed by atoms with Gasteiger partial charge in [-0.2, -0.15) is 8.42 Å². The third-order valence-corrected chi connectivity index (χ3v) is 6.36. The average molecular weight is 471 g/mol. The summed E-state index contributed by atoms with van der Waals surface area (Å²) in [5.41, 5.74) is 0.351. The fourth-order valence-electron chi connectivity index (χ4n) is 3.69. The molecule has 7 heteroatoms. The Kier molecular flexibility index (Phi) is 14.2. The molecule has 0 saturated carbocycles. The summed E-state index contributed by atoms with van der Waals surface area (Å²) in [5.74, 6) is -0.0742. The van der Waals surface area contributed by atoms with Gasteiger partial charge in [0.15, 0.2) is 0 Å². The van der Waals surface area contributed by atoms with Crippen LogP contribution in [0.3, 0.4) is 0 Å². The molecule has 32 heavy (non-hydrogen) atoms. The van der Waals surface area contributed by atoms with E-state index in [1.807, 2.05) is 6.07 Å². The summed E-state index contributed by atoms with van der Waals surface area (Å²) in [6.07, 6.45) is 13.5. The minimum Gasteiger partial charge on any atom is -0.870 e. The molecule has 2 rings (SSSR count). The molecule has 0 fully saturated rings. The Morgan fingerprint density at radius 1 is 0.844 bits per heavy atom. The third kappa shape index (κ3) is 10.7. The van der Waals surface area contributed by atoms with Crippen molar-refractivity contribution < 1.29 is 52.4 Å². The molecule has 2 aromatic rings. The molecule has 0 radical (unpaired) electrons. The summed E-state index contributed by atoms with van der Waals surface area (Å²) in [6.45, 7) is 2.23. The third-order valence-electron chi connectivity index (χ3n) is 5.43. The van der Waals surface area contributed by atoms with E-state index in [0.717, 1.165) is 25.3 Å². The van der Waals surface area contributed by atoms with Crippen molar-refractivity contribution in [2.45, 2.75) is 88.9 Å². The van der Waals surface area contributed by atoms with Crippen molar-refractivity contribution in [3.63, 3.8) is 0 Å². The van der Waals surface area contributed by atoms with Crippen molar-refractivity contribution in [3.8, 4) is 17.2 Å². The van der Waals surface area contributed by atoms with Crippen molar-refractivity contribution in [1.82, 2.24) is 0 Å². The van der Waals surface area contributed by atoms with Crippen LogP contribution in [0.1, 0.15) is 83.1 Å². The second kappa shape index (κ2) is 15.7. The second-order valence-corrected chi connectivity index (χ2v) is 9.47. The van der Waals surface area contributed by atoms with Gasteiger partial charge in [0.05, 0.1) is 0 Å². The molecule has 0 atom stereocenters. The number of rotatable bonds is 15. The first-order valence-corrected chi connectivity index (χ1v) is 12.9. The minimum absolute atomic E-state index is 0. The summed E-state index contributed by atoms with van der Waals surface area (Å²) in [4.78, 5) is -0.245. The molecule has 0 spiro atoms. The molecule has 0 aliphatic heterocycles. The summed E-state index contributed by atoms with van der Waals surface area (Å²) in [5, 5.41) is 12.4. The van der Waals surface area contributed by atoms with Crippen LogP contribution >= 0.6 is 0 Å². The number of hydrogen-bond acceptors (Lipinski definition) is 4. The summed E-state index contributed by atoms with van der Waals surface area (Å²) in [7, 11) is -4.45. The van der Waals surface area contributed by atoms with Gasteiger partial charge in [0.25, 0.3) is 10.1 Å². The molecule has 0 aliphatic rings. The van der Waals surface area contributed by atoms with Crippen molar-refractivity contribution in [2.75, 3.05) is 0 Å². The molecule has 0 heterocycles. The van der Waals surface area contributed by atoms with Crippen molar-refractivity contribution in [3.05, 3.63) is 48.0 Å². The Morgan fingerprint density at radius 3 is 1.91 bits per heavy atom. The van der Waals surface area contributed by atoms with Gasteiger partial charge in [0.1, 0.15) is 16.4 Å². The zero-order chi connectivity index (χ0) is 22.5. The van der Waals surface area contributed by atoms with Crippen LogP contribution in [0.5, 0.6) is 17.2 Å². The number of aryl methyl sites for hydroxylation is 1. The van der Waals surface area contributed by atoms with E-state index < -0.39 is 15.9 Å². The van der Waals surface area contributed by atoms with Gasteiger partial charge in [-0.05, 0) is 30.5 Å². The van der Waals surface area contributed by atoms with Gasteiger partial charge in [-0.15, -0.1) is 0 Å². The quantitative estimate of drug-likeness (QED) is 0.244. The smallest absolute Gasteiger partial charge is 0.870 e. The maximum atomic E-state index is 12.4. The van der Waals surface area contributed by atoms with Crippen LogP contribution in [0.2, 0.25) is 0 Å². The fourth-order valence-corrected chi connectivity index (χ4v) is 4.44. The van der Waals surface area contributed by atoms with Gasteiger partial charge < -0.3 is 9.84 Å². The van der Waals surface area contributed by atoms with Crippen LogP contribution in [0.4, 0.5) is 0 Å². The van der Waals surface area contributed by atoms with E-state index in [2.05, 4.69) is 6.92 Å². The van der Waals surface area contributed by atoms with E-state index in [9.17, 15) is 18.1 Å². The summed E-state index contributed by atoms with van der Waals surface area (Å²) in [6, 6.07) is 11.1. The molecule has 2 aromatic carbocycles. The average Bonchev–Trinajstić information content (AvgIpc) is 2.73. The molecule has 0 aromatic heterocycles. The van der Waals surface area contributed by atoms with Crippen LogP contribution in [0.15, 0.2) is 47.4 Å². The zero-order valence-electron chi connectivity index (χ0n) is 19.5. The fraction of sp³-hybridized carbons (Fsp3) is 0.520. The van der Waals surface area contributed by atoms with E-state index in [1.54, 1.807) is 24.3 Å². The first kappa shape index (κ1) is 29.0. The van der Waals surface area contributed by atoms with Crippen molar-refractivity contribution >= 4 is 10.1 Å². The molecule has 0 unspecified atom stereocenters. The summed E-state index contributed by atoms with van der Waals surface area (Å²) >= 11 is 0. The molecule has 0 saturated heterocycles. The van der Waals surface area contributed by atoms with E-state index in [4.69, 9.17) is 4.74 Å². The SMILES string of the molecule is CCCCCCCCCCCCCc1cc([O-])c(Oc2ccccc2)cc1S(=O)(=O)O.[Na+]. The maximum Gasteiger partial charge on any atom is 1.00 e. The first-order chi connectivity index (χ1) is 14.9. The van der Waals surface area contributed by atoms with Crippen LogP contribution in [-0.4, -0.2) is 13.0 Å². The summed E-state index contributed by atoms with van der Waals surface area (Å²) < 4.78 is 38.9. The molecular weight excluding hydrogens is 435 g/mol. The molecule has 0 aliphatic carbocycles. The van der Waals surface area contributed by atoms with Gasteiger partial charge in [-0.25, -0.2) is 0 Å². The van der Waals surface area contributed by atoms with Gasteiger partial charge in [0, 0.05) is 6.07 Å². The van der Waals surface area contributed by atoms with Crippen LogP contribution in [0.25, 0.3) is 0 Å².